The number of benzene rings is 1. The number of aliphatic hydroxyl groups is 1. The van der Waals surface area contributed by atoms with Crippen molar-refractivity contribution in [2.75, 3.05) is 31.7 Å². The second-order valence-electron chi connectivity index (χ2n) is 9.00. The molecule has 2 aliphatic heterocycles. The Balaban J connectivity index is 1.45. The lowest BCUT2D eigenvalue weighted by molar-refractivity contribution is -0.284. The summed E-state index contributed by atoms with van der Waals surface area (Å²) in [6.45, 7) is 3.05. The zero-order valence-electron chi connectivity index (χ0n) is 19.9. The Morgan fingerprint density at radius 3 is 2.86 bits per heavy atom. The summed E-state index contributed by atoms with van der Waals surface area (Å²) in [4.78, 5) is 19.0. The van der Waals surface area contributed by atoms with Crippen LogP contribution in [0.15, 0.2) is 36.5 Å². The molecule has 186 valence electrons. The summed E-state index contributed by atoms with van der Waals surface area (Å²) in [6, 6.07) is 9.66. The number of aliphatic hydroxyl groups excluding tert-OH is 1. The number of hydrogen-bond donors (Lipinski definition) is 2. The van der Waals surface area contributed by atoms with E-state index < -0.39 is 17.7 Å². The number of halogens is 1. The van der Waals surface area contributed by atoms with Gasteiger partial charge in [-0.25, -0.2) is 14.1 Å². The maximum atomic E-state index is 14.7. The highest BCUT2D eigenvalue weighted by atomic mass is 19.1. The Hall–Kier alpha value is -3.85. The maximum Gasteiger partial charge on any atom is 0.255 e. The fourth-order valence-corrected chi connectivity index (χ4v) is 4.31. The molecule has 5 rings (SSSR count). The van der Waals surface area contributed by atoms with E-state index in [9.17, 15) is 19.6 Å². The highest BCUT2D eigenvalue weighted by molar-refractivity contribution is 6.01. The number of anilines is 1. The van der Waals surface area contributed by atoms with E-state index in [1.807, 2.05) is 24.9 Å². The summed E-state index contributed by atoms with van der Waals surface area (Å²) in [5.41, 5.74) is 1.75. The third-order valence-electron chi connectivity index (χ3n) is 6.38. The predicted molar refractivity (Wildman–Crippen MR) is 127 cm³/mol. The van der Waals surface area contributed by atoms with Crippen LogP contribution in [-0.4, -0.2) is 64.5 Å². The first-order valence-corrected chi connectivity index (χ1v) is 11.5. The third-order valence-corrected chi connectivity index (χ3v) is 6.38. The fourth-order valence-electron chi connectivity index (χ4n) is 4.31. The van der Waals surface area contributed by atoms with Crippen molar-refractivity contribution in [1.29, 1.82) is 5.26 Å². The predicted octanol–water partition coefficient (Wildman–Crippen LogP) is 2.14. The first kappa shape index (κ1) is 23.9. The van der Waals surface area contributed by atoms with Crippen LogP contribution in [0.25, 0.3) is 16.9 Å². The standard InChI is InChI=1S/C25H25FN6O4/c1-25(35-13-16(33)14-36-25)7-9-31(2)21-6-8-32(30-21)20-10-18(29-19-12-28-24(34)23(19)20)22-15(11-27)4-3-5-17(22)26/h3-6,8,10,16,33H,7,9,12-14H2,1-2H3,(H,28,34). The molecular formula is C25H25FN6O4. The molecule has 1 aromatic carbocycles. The molecule has 11 heteroatoms. The second kappa shape index (κ2) is 9.31. The van der Waals surface area contributed by atoms with E-state index in [4.69, 9.17) is 9.47 Å². The normalized spacial score (nSPS) is 21.1. The number of carbonyl (C=O) groups excluding carboxylic acids is 1. The number of nitrogens with zero attached hydrogens (tertiary/aromatic N) is 5. The van der Waals surface area contributed by atoms with Gasteiger partial charge in [0.05, 0.1) is 59.6 Å². The quantitative estimate of drug-likeness (QED) is 0.536. The van der Waals surface area contributed by atoms with E-state index in [-0.39, 0.29) is 42.5 Å². The van der Waals surface area contributed by atoms with E-state index in [0.29, 0.717) is 35.7 Å². The number of hydrogen-bond acceptors (Lipinski definition) is 8. The van der Waals surface area contributed by atoms with E-state index >= 15 is 0 Å². The summed E-state index contributed by atoms with van der Waals surface area (Å²) in [7, 11) is 1.88. The van der Waals surface area contributed by atoms with Crippen LogP contribution < -0.4 is 10.2 Å². The first-order chi connectivity index (χ1) is 17.3. The first-order valence-electron chi connectivity index (χ1n) is 11.5. The monoisotopic (exact) mass is 492 g/mol. The van der Waals surface area contributed by atoms with Gasteiger partial charge in [0.15, 0.2) is 11.6 Å². The van der Waals surface area contributed by atoms with Gasteiger partial charge in [0, 0.05) is 32.3 Å². The molecule has 1 amide bonds. The molecule has 0 aliphatic carbocycles. The van der Waals surface area contributed by atoms with Gasteiger partial charge in [-0.1, -0.05) is 6.07 Å². The van der Waals surface area contributed by atoms with Crippen LogP contribution in [0.5, 0.6) is 0 Å². The Morgan fingerprint density at radius 1 is 1.33 bits per heavy atom. The number of rotatable bonds is 6. The van der Waals surface area contributed by atoms with Gasteiger partial charge in [0.2, 0.25) is 0 Å². The lowest BCUT2D eigenvalue weighted by Crippen LogP contribution is -2.45. The molecule has 0 saturated carbocycles. The minimum atomic E-state index is -0.798. The fraction of sp³-hybridized carbons (Fsp3) is 0.360. The van der Waals surface area contributed by atoms with Gasteiger partial charge in [-0.05, 0) is 25.1 Å². The Morgan fingerprint density at radius 2 is 2.11 bits per heavy atom. The zero-order chi connectivity index (χ0) is 25.4. The molecule has 10 nitrogen and oxygen atoms in total. The average Bonchev–Trinajstić information content (AvgIpc) is 3.51. The molecule has 0 atom stereocenters. The molecule has 2 aromatic heterocycles. The third kappa shape index (κ3) is 4.42. The van der Waals surface area contributed by atoms with Gasteiger partial charge >= 0.3 is 0 Å². The smallest absolute Gasteiger partial charge is 0.255 e. The highest BCUT2D eigenvalue weighted by Gasteiger charge is 2.33. The van der Waals surface area contributed by atoms with E-state index in [2.05, 4.69) is 15.4 Å². The SMILES string of the molecule is CN(CCC1(C)OCC(O)CO1)c1ccn(-c2cc(-c3c(F)cccc3C#N)nc3c2C(=O)NC3)n1. The van der Waals surface area contributed by atoms with Crippen LogP contribution >= 0.6 is 0 Å². The van der Waals surface area contributed by atoms with Crippen LogP contribution in [0.2, 0.25) is 0 Å². The molecule has 0 radical (unpaired) electrons. The van der Waals surface area contributed by atoms with Crippen molar-refractivity contribution in [2.45, 2.75) is 31.8 Å². The zero-order valence-corrected chi connectivity index (χ0v) is 19.9. The highest BCUT2D eigenvalue weighted by Crippen LogP contribution is 2.32. The van der Waals surface area contributed by atoms with Crippen molar-refractivity contribution in [2.24, 2.45) is 0 Å². The van der Waals surface area contributed by atoms with Crippen molar-refractivity contribution < 1.29 is 23.8 Å². The summed E-state index contributed by atoms with van der Waals surface area (Å²) < 4.78 is 27.6. The Bertz CT molecular complexity index is 1360. The van der Waals surface area contributed by atoms with Gasteiger partial charge < -0.3 is 24.8 Å². The summed E-state index contributed by atoms with van der Waals surface area (Å²) in [5.74, 6) is -1.02. The van der Waals surface area contributed by atoms with E-state index in [1.54, 1.807) is 23.0 Å². The molecule has 3 aromatic rings. The molecule has 2 aliphatic rings. The number of aromatic nitrogens is 3. The molecular weight excluding hydrogens is 467 g/mol. The van der Waals surface area contributed by atoms with Crippen LogP contribution in [0.4, 0.5) is 10.2 Å². The van der Waals surface area contributed by atoms with Gasteiger partial charge in [-0.15, -0.1) is 0 Å². The number of nitrogens with one attached hydrogen (secondary N) is 1. The summed E-state index contributed by atoms with van der Waals surface area (Å²) >= 11 is 0. The van der Waals surface area contributed by atoms with Gasteiger partial charge in [-0.3, -0.25) is 4.79 Å². The minimum Gasteiger partial charge on any atom is -0.388 e. The van der Waals surface area contributed by atoms with E-state index in [1.165, 1.54) is 18.2 Å². The number of nitriles is 1. The average molecular weight is 493 g/mol. The molecule has 0 unspecified atom stereocenters. The number of ether oxygens (including phenoxy) is 2. The number of fused-ring (bicyclic) bond motifs is 1. The number of pyridine rings is 1. The molecule has 0 spiro atoms. The van der Waals surface area contributed by atoms with Crippen molar-refractivity contribution in [1.82, 2.24) is 20.1 Å². The van der Waals surface area contributed by atoms with Crippen molar-refractivity contribution in [3.05, 3.63) is 59.2 Å². The molecule has 2 N–H and O–H groups in total. The Labute approximate surface area is 206 Å². The van der Waals surface area contributed by atoms with Crippen molar-refractivity contribution in [3.63, 3.8) is 0 Å². The Kier molecular flexibility index (Phi) is 6.17. The van der Waals surface area contributed by atoms with Crippen LogP contribution in [0.3, 0.4) is 0 Å². The van der Waals surface area contributed by atoms with Gasteiger partial charge in [0.1, 0.15) is 11.9 Å². The van der Waals surface area contributed by atoms with Crippen LogP contribution in [-0.2, 0) is 16.0 Å². The minimum absolute atomic E-state index is 0.0822. The second-order valence-corrected chi connectivity index (χ2v) is 9.00. The lowest BCUT2D eigenvalue weighted by Gasteiger charge is -2.37. The van der Waals surface area contributed by atoms with Gasteiger partial charge in [0.25, 0.3) is 5.91 Å². The molecule has 0 bridgehead atoms. The lowest BCUT2D eigenvalue weighted by atomic mass is 10.0. The van der Waals surface area contributed by atoms with Crippen molar-refractivity contribution >= 4 is 11.7 Å². The summed E-state index contributed by atoms with van der Waals surface area (Å²) in [5, 5.41) is 26.5. The molecule has 4 heterocycles. The maximum absolute atomic E-state index is 14.7. The molecule has 36 heavy (non-hydrogen) atoms. The van der Waals surface area contributed by atoms with Crippen LogP contribution in [0.1, 0.15) is 35.0 Å². The number of amides is 1. The molecule has 1 fully saturated rings. The summed E-state index contributed by atoms with van der Waals surface area (Å²) in [6.07, 6.45) is 1.64. The molecule has 1 saturated heterocycles. The van der Waals surface area contributed by atoms with Crippen molar-refractivity contribution in [3.8, 4) is 23.0 Å². The topological polar surface area (TPSA) is 126 Å². The largest absolute Gasteiger partial charge is 0.388 e. The number of carbonyl (C=O) groups is 1. The van der Waals surface area contributed by atoms with E-state index in [0.717, 1.165) is 0 Å². The van der Waals surface area contributed by atoms with Crippen LogP contribution in [0, 0.1) is 17.1 Å². The van der Waals surface area contributed by atoms with Gasteiger partial charge in [-0.2, -0.15) is 10.4 Å².